The molecule has 216 valence electrons. The average molecular weight is 698 g/mol. The number of halogens is 6. The van der Waals surface area contributed by atoms with E-state index in [1.165, 1.54) is 64.7 Å². The summed E-state index contributed by atoms with van der Waals surface area (Å²) in [5.41, 5.74) is 0.989. The van der Waals surface area contributed by atoms with Gasteiger partial charge in [-0.05, 0) is 100 Å². The van der Waals surface area contributed by atoms with Gasteiger partial charge in [0.15, 0.2) is 5.78 Å². The standard InChI is InChI=1S/C15H13BrF3NO.C15H13BrFNO2/c1-9(10-3-5-12(17)6-4-10)20-8-11(15(2,18)19)7-13(16)14(20)21;1-9(11-3-5-13(17)6-4-11)18-8-12(10(2)19)7-14(16)15(18)20/h3-9H,1-2H3;3-9H,1-2H3/t2*9-/m00/s1. The quantitative estimate of drug-likeness (QED) is 0.151. The van der Waals surface area contributed by atoms with Crippen molar-refractivity contribution in [3.63, 3.8) is 0 Å². The maximum absolute atomic E-state index is 13.5. The first kappa shape index (κ1) is 32.2. The lowest BCUT2D eigenvalue weighted by Gasteiger charge is -2.19. The van der Waals surface area contributed by atoms with Gasteiger partial charge in [0.25, 0.3) is 17.0 Å². The number of ketones is 1. The summed E-state index contributed by atoms with van der Waals surface area (Å²) in [6.45, 7) is 5.73. The number of Topliss-reactive ketones (excluding diaryl/α,β-unsaturated/α-hetero) is 1. The fraction of sp³-hybridized carbons (Fsp3) is 0.233. The number of aromatic nitrogens is 2. The Hall–Kier alpha value is -3.31. The van der Waals surface area contributed by atoms with Crippen LogP contribution in [0.25, 0.3) is 0 Å². The van der Waals surface area contributed by atoms with Crippen molar-refractivity contribution in [1.82, 2.24) is 9.13 Å². The number of hydrogen-bond donors (Lipinski definition) is 0. The van der Waals surface area contributed by atoms with Crippen LogP contribution < -0.4 is 11.1 Å². The molecule has 0 unspecified atom stereocenters. The molecule has 0 saturated heterocycles. The zero-order valence-corrected chi connectivity index (χ0v) is 25.6. The Morgan fingerprint density at radius 1 is 0.756 bits per heavy atom. The number of carbonyl (C=O) groups is 1. The van der Waals surface area contributed by atoms with E-state index in [2.05, 4.69) is 31.9 Å². The second-order valence-electron chi connectivity index (χ2n) is 9.48. The smallest absolute Gasteiger partial charge is 0.271 e. The van der Waals surface area contributed by atoms with E-state index in [0.717, 1.165) is 24.8 Å². The number of alkyl halides is 2. The molecule has 5 nitrogen and oxygen atoms in total. The largest absolute Gasteiger partial charge is 0.307 e. The number of rotatable bonds is 6. The topological polar surface area (TPSA) is 61.1 Å². The maximum Gasteiger partial charge on any atom is 0.271 e. The lowest BCUT2D eigenvalue weighted by atomic mass is 10.1. The Bertz CT molecular complexity index is 1660. The molecule has 0 aliphatic heterocycles. The molecular formula is C30H26Br2F4N2O3. The van der Waals surface area contributed by atoms with E-state index < -0.39 is 23.3 Å². The first-order valence-electron chi connectivity index (χ1n) is 12.3. The summed E-state index contributed by atoms with van der Waals surface area (Å²) in [5, 5.41) is 0. The second-order valence-corrected chi connectivity index (χ2v) is 11.2. The Morgan fingerprint density at radius 3 is 1.54 bits per heavy atom. The third-order valence-electron chi connectivity index (χ3n) is 6.45. The minimum absolute atomic E-state index is 0.0653. The third-order valence-corrected chi connectivity index (χ3v) is 7.59. The van der Waals surface area contributed by atoms with Gasteiger partial charge in [-0.15, -0.1) is 0 Å². The molecule has 0 bridgehead atoms. The molecule has 11 heteroatoms. The summed E-state index contributed by atoms with van der Waals surface area (Å²) < 4.78 is 55.9. The molecule has 41 heavy (non-hydrogen) atoms. The first-order chi connectivity index (χ1) is 19.1. The van der Waals surface area contributed by atoms with Gasteiger partial charge in [0.1, 0.15) is 11.6 Å². The van der Waals surface area contributed by atoms with Gasteiger partial charge in [0, 0.05) is 30.4 Å². The average Bonchev–Trinajstić information content (AvgIpc) is 2.91. The molecule has 0 fully saturated rings. The van der Waals surface area contributed by atoms with Gasteiger partial charge >= 0.3 is 0 Å². The second kappa shape index (κ2) is 13.1. The molecule has 2 heterocycles. The molecule has 0 radical (unpaired) electrons. The molecule has 2 aromatic heterocycles. The van der Waals surface area contributed by atoms with Crippen LogP contribution in [0.3, 0.4) is 0 Å². The van der Waals surface area contributed by atoms with E-state index >= 15 is 0 Å². The normalized spacial score (nSPS) is 12.7. The number of benzene rings is 2. The molecule has 2 atom stereocenters. The summed E-state index contributed by atoms with van der Waals surface area (Å²) in [7, 11) is 0. The van der Waals surface area contributed by atoms with Gasteiger partial charge in [0.2, 0.25) is 0 Å². The molecule has 0 spiro atoms. The summed E-state index contributed by atoms with van der Waals surface area (Å²) in [4.78, 5) is 35.8. The highest BCUT2D eigenvalue weighted by atomic mass is 79.9. The molecule has 4 rings (SSSR count). The van der Waals surface area contributed by atoms with Crippen LogP contribution in [0, 0.1) is 11.6 Å². The highest BCUT2D eigenvalue weighted by Crippen LogP contribution is 2.29. The molecule has 0 aliphatic rings. The van der Waals surface area contributed by atoms with Crippen LogP contribution in [-0.2, 0) is 5.92 Å². The van der Waals surface area contributed by atoms with Crippen LogP contribution in [0.15, 0.2) is 91.6 Å². The summed E-state index contributed by atoms with van der Waals surface area (Å²) in [6, 6.07) is 13.4. The number of carbonyl (C=O) groups excluding carboxylic acids is 1. The molecule has 0 amide bonds. The Balaban J connectivity index is 0.000000226. The van der Waals surface area contributed by atoms with Gasteiger partial charge in [-0.2, -0.15) is 0 Å². The predicted octanol–water partition coefficient (Wildman–Crippen LogP) is 8.03. The van der Waals surface area contributed by atoms with Crippen molar-refractivity contribution in [3.8, 4) is 0 Å². The van der Waals surface area contributed by atoms with Crippen molar-refractivity contribution in [1.29, 1.82) is 0 Å². The van der Waals surface area contributed by atoms with E-state index in [9.17, 15) is 31.9 Å². The van der Waals surface area contributed by atoms with Gasteiger partial charge in [-0.3, -0.25) is 14.4 Å². The van der Waals surface area contributed by atoms with Crippen molar-refractivity contribution in [2.45, 2.75) is 45.7 Å². The molecule has 0 N–H and O–H groups in total. The van der Waals surface area contributed by atoms with E-state index in [1.54, 1.807) is 19.1 Å². The van der Waals surface area contributed by atoms with E-state index in [1.807, 2.05) is 6.92 Å². The molecule has 2 aromatic carbocycles. The fourth-order valence-electron chi connectivity index (χ4n) is 3.95. The van der Waals surface area contributed by atoms with Gasteiger partial charge in [0.05, 0.1) is 21.0 Å². The highest BCUT2D eigenvalue weighted by molar-refractivity contribution is 9.10. The molecule has 0 aliphatic carbocycles. The van der Waals surface area contributed by atoms with Crippen LogP contribution in [0.4, 0.5) is 17.6 Å². The van der Waals surface area contributed by atoms with Gasteiger partial charge in [-0.1, -0.05) is 24.3 Å². The van der Waals surface area contributed by atoms with E-state index in [4.69, 9.17) is 0 Å². The predicted molar refractivity (Wildman–Crippen MR) is 157 cm³/mol. The Morgan fingerprint density at radius 2 is 1.15 bits per heavy atom. The molecule has 0 saturated carbocycles. The molecular weight excluding hydrogens is 672 g/mol. The highest BCUT2D eigenvalue weighted by Gasteiger charge is 2.27. The number of pyridine rings is 2. The zero-order valence-electron chi connectivity index (χ0n) is 22.5. The number of nitrogens with zero attached hydrogens (tertiary/aromatic N) is 2. The zero-order chi connectivity index (χ0) is 30.6. The summed E-state index contributed by atoms with van der Waals surface area (Å²) in [5.74, 6) is -3.90. The fourth-order valence-corrected chi connectivity index (χ4v) is 4.85. The summed E-state index contributed by atoms with van der Waals surface area (Å²) >= 11 is 6.19. The van der Waals surface area contributed by atoms with Crippen LogP contribution in [-0.4, -0.2) is 14.9 Å². The minimum Gasteiger partial charge on any atom is -0.307 e. The molecule has 4 aromatic rings. The minimum atomic E-state index is -3.06. The van der Waals surface area contributed by atoms with Crippen molar-refractivity contribution in [3.05, 3.63) is 137 Å². The van der Waals surface area contributed by atoms with E-state index in [-0.39, 0.29) is 33.2 Å². The Labute approximate surface area is 250 Å². The van der Waals surface area contributed by atoms with Crippen molar-refractivity contribution in [2.75, 3.05) is 0 Å². The monoisotopic (exact) mass is 696 g/mol. The Kier molecular flexibility index (Phi) is 10.3. The van der Waals surface area contributed by atoms with Crippen LogP contribution in [0.5, 0.6) is 0 Å². The van der Waals surface area contributed by atoms with Crippen LogP contribution in [0.1, 0.15) is 66.8 Å². The van der Waals surface area contributed by atoms with Crippen molar-refractivity contribution >= 4 is 37.6 Å². The van der Waals surface area contributed by atoms with Crippen molar-refractivity contribution < 1.29 is 22.4 Å². The number of hydrogen-bond acceptors (Lipinski definition) is 3. The van der Waals surface area contributed by atoms with Gasteiger partial charge in [-0.25, -0.2) is 17.6 Å². The maximum atomic E-state index is 13.5. The third kappa shape index (κ3) is 7.91. The van der Waals surface area contributed by atoms with Gasteiger partial charge < -0.3 is 9.13 Å². The lowest BCUT2D eigenvalue weighted by Crippen LogP contribution is -2.26. The summed E-state index contributed by atoms with van der Waals surface area (Å²) in [6.07, 6.45) is 2.67. The first-order valence-corrected chi connectivity index (χ1v) is 13.9. The SMILES string of the molecule is CC(=O)c1cc(Br)c(=O)n([C@@H](C)c2ccc(F)cc2)c1.C[C@@H](c1ccc(F)cc1)n1cc(C(C)(F)F)cc(Br)c1=O. The lowest BCUT2D eigenvalue weighted by molar-refractivity contribution is 0.0165. The van der Waals surface area contributed by atoms with Crippen LogP contribution in [0.2, 0.25) is 0 Å². The van der Waals surface area contributed by atoms with Crippen molar-refractivity contribution in [2.24, 2.45) is 0 Å². The van der Waals surface area contributed by atoms with Crippen LogP contribution >= 0.6 is 31.9 Å². The van der Waals surface area contributed by atoms with E-state index in [0.29, 0.717) is 15.6 Å².